The van der Waals surface area contributed by atoms with Crippen molar-refractivity contribution in [3.8, 4) is 0 Å². The summed E-state index contributed by atoms with van der Waals surface area (Å²) < 4.78 is 50.9. The zero-order valence-electron chi connectivity index (χ0n) is 10.5. The van der Waals surface area contributed by atoms with E-state index in [-0.39, 0.29) is 16.9 Å². The molecule has 110 valence electrons. The number of amides is 1. The number of carbonyl (C=O) groups is 1. The van der Waals surface area contributed by atoms with Crippen LogP contribution in [0.4, 0.5) is 28.9 Å². The maximum Gasteiger partial charge on any atom is 0.416 e. The first kappa shape index (κ1) is 14.8. The van der Waals surface area contributed by atoms with Crippen LogP contribution in [-0.2, 0) is 6.18 Å². The fraction of sp³-hybridized carbons (Fsp3) is 0.0714. The van der Waals surface area contributed by atoms with Crippen molar-refractivity contribution in [3.63, 3.8) is 0 Å². The fourth-order valence-corrected chi connectivity index (χ4v) is 1.64. The Labute approximate surface area is 117 Å². The first-order chi connectivity index (χ1) is 9.77. The lowest BCUT2D eigenvalue weighted by molar-refractivity contribution is -0.137. The van der Waals surface area contributed by atoms with Crippen molar-refractivity contribution in [1.82, 2.24) is 0 Å². The van der Waals surface area contributed by atoms with Gasteiger partial charge in [-0.25, -0.2) is 4.39 Å². The second kappa shape index (κ2) is 5.43. The summed E-state index contributed by atoms with van der Waals surface area (Å²) in [5.74, 6) is -1.50. The lowest BCUT2D eigenvalue weighted by atomic mass is 10.1. The number of hydrogen-bond acceptors (Lipinski definition) is 2. The molecule has 0 heterocycles. The van der Waals surface area contributed by atoms with Crippen molar-refractivity contribution in [3.05, 3.63) is 59.4 Å². The molecule has 0 unspecified atom stereocenters. The first-order valence-electron chi connectivity index (χ1n) is 5.81. The molecule has 0 atom stereocenters. The summed E-state index contributed by atoms with van der Waals surface area (Å²) in [6.45, 7) is 0. The summed E-state index contributed by atoms with van der Waals surface area (Å²) in [6, 6.07) is 7.56. The number of benzene rings is 2. The highest BCUT2D eigenvalue weighted by molar-refractivity contribution is 6.04. The predicted molar refractivity (Wildman–Crippen MR) is 70.2 cm³/mol. The molecule has 3 N–H and O–H groups in total. The average molecular weight is 298 g/mol. The molecule has 2 aromatic rings. The highest BCUT2D eigenvalue weighted by atomic mass is 19.4. The molecule has 0 aliphatic rings. The Bertz CT molecular complexity index is 683. The van der Waals surface area contributed by atoms with E-state index < -0.39 is 23.5 Å². The normalized spacial score (nSPS) is 11.2. The number of anilines is 2. The topological polar surface area (TPSA) is 55.1 Å². The van der Waals surface area contributed by atoms with Crippen LogP contribution in [-0.4, -0.2) is 5.91 Å². The number of hydrogen-bond donors (Lipinski definition) is 2. The van der Waals surface area contributed by atoms with E-state index in [1.165, 1.54) is 24.3 Å². The van der Waals surface area contributed by atoms with Crippen molar-refractivity contribution in [2.24, 2.45) is 0 Å². The predicted octanol–water partition coefficient (Wildman–Crippen LogP) is 3.68. The van der Waals surface area contributed by atoms with Crippen molar-refractivity contribution in [1.29, 1.82) is 0 Å². The third kappa shape index (κ3) is 3.50. The number of alkyl halides is 3. The van der Waals surface area contributed by atoms with Crippen LogP contribution in [0.3, 0.4) is 0 Å². The number of halogens is 4. The summed E-state index contributed by atoms with van der Waals surface area (Å²) in [5, 5.41) is 2.27. The van der Waals surface area contributed by atoms with Crippen LogP contribution < -0.4 is 11.1 Å². The van der Waals surface area contributed by atoms with Gasteiger partial charge in [0.2, 0.25) is 0 Å². The third-order valence-electron chi connectivity index (χ3n) is 2.71. The average Bonchev–Trinajstić information content (AvgIpc) is 2.41. The number of carbonyl (C=O) groups excluding carboxylic acids is 1. The molecule has 1 amide bonds. The van der Waals surface area contributed by atoms with Gasteiger partial charge >= 0.3 is 6.18 Å². The molecule has 0 aliphatic heterocycles. The van der Waals surface area contributed by atoms with E-state index in [4.69, 9.17) is 5.73 Å². The van der Waals surface area contributed by atoms with Crippen LogP contribution in [0.2, 0.25) is 0 Å². The zero-order chi connectivity index (χ0) is 15.6. The third-order valence-corrected chi connectivity index (χ3v) is 2.71. The van der Waals surface area contributed by atoms with Crippen LogP contribution in [0.5, 0.6) is 0 Å². The number of nitrogen functional groups attached to an aromatic ring is 1. The van der Waals surface area contributed by atoms with E-state index in [1.807, 2.05) is 0 Å². The van der Waals surface area contributed by atoms with E-state index in [9.17, 15) is 22.4 Å². The van der Waals surface area contributed by atoms with Gasteiger partial charge in [-0.3, -0.25) is 4.79 Å². The van der Waals surface area contributed by atoms with Gasteiger partial charge in [0, 0.05) is 11.3 Å². The molecule has 0 saturated carbocycles. The Balaban J connectivity index is 2.21. The summed E-state index contributed by atoms with van der Waals surface area (Å²) in [5.41, 5.74) is 4.19. The lowest BCUT2D eigenvalue weighted by Crippen LogP contribution is -2.13. The van der Waals surface area contributed by atoms with Crippen LogP contribution in [0.15, 0.2) is 42.5 Å². The van der Waals surface area contributed by atoms with Gasteiger partial charge in [-0.05, 0) is 36.4 Å². The Hall–Kier alpha value is -2.57. The molecule has 2 aromatic carbocycles. The standard InChI is InChI=1S/C14H10F4N2O/c15-11-6-8(4-5-12(11)19)13(21)20-10-3-1-2-9(7-10)14(16,17)18/h1-7H,19H2,(H,20,21). The molecule has 0 bridgehead atoms. The Morgan fingerprint density at radius 1 is 1.10 bits per heavy atom. The molecule has 0 aromatic heterocycles. The van der Waals surface area contributed by atoms with E-state index in [0.29, 0.717) is 0 Å². The number of nitrogens with two attached hydrogens (primary N) is 1. The molecule has 0 aliphatic carbocycles. The SMILES string of the molecule is Nc1ccc(C(=O)Nc2cccc(C(F)(F)F)c2)cc1F. The lowest BCUT2D eigenvalue weighted by Gasteiger charge is -2.10. The molecule has 3 nitrogen and oxygen atoms in total. The van der Waals surface area contributed by atoms with Crippen LogP contribution in [0.1, 0.15) is 15.9 Å². The minimum Gasteiger partial charge on any atom is -0.396 e. The van der Waals surface area contributed by atoms with Crippen LogP contribution >= 0.6 is 0 Å². The number of rotatable bonds is 2. The molecule has 0 saturated heterocycles. The van der Waals surface area contributed by atoms with Gasteiger partial charge in [0.25, 0.3) is 5.91 Å². The molecule has 21 heavy (non-hydrogen) atoms. The van der Waals surface area contributed by atoms with E-state index in [1.54, 1.807) is 0 Å². The van der Waals surface area contributed by atoms with E-state index in [0.717, 1.165) is 18.2 Å². The van der Waals surface area contributed by atoms with Gasteiger partial charge in [0.15, 0.2) is 0 Å². The maximum atomic E-state index is 13.2. The van der Waals surface area contributed by atoms with Gasteiger partial charge in [-0.2, -0.15) is 13.2 Å². The van der Waals surface area contributed by atoms with Crippen molar-refractivity contribution < 1.29 is 22.4 Å². The molecule has 0 fully saturated rings. The quantitative estimate of drug-likeness (QED) is 0.656. The van der Waals surface area contributed by atoms with Crippen molar-refractivity contribution >= 4 is 17.3 Å². The van der Waals surface area contributed by atoms with Gasteiger partial charge in [0.05, 0.1) is 11.3 Å². The van der Waals surface area contributed by atoms with Gasteiger partial charge in [-0.15, -0.1) is 0 Å². The molecule has 0 spiro atoms. The Morgan fingerprint density at radius 2 is 1.81 bits per heavy atom. The van der Waals surface area contributed by atoms with Crippen LogP contribution in [0.25, 0.3) is 0 Å². The Morgan fingerprint density at radius 3 is 2.43 bits per heavy atom. The molecular weight excluding hydrogens is 288 g/mol. The smallest absolute Gasteiger partial charge is 0.396 e. The monoisotopic (exact) mass is 298 g/mol. The molecule has 7 heteroatoms. The second-order valence-electron chi connectivity index (χ2n) is 4.27. The summed E-state index contributed by atoms with van der Waals surface area (Å²) in [4.78, 5) is 11.8. The largest absolute Gasteiger partial charge is 0.416 e. The summed E-state index contributed by atoms with van der Waals surface area (Å²) in [7, 11) is 0. The molecular formula is C14H10F4N2O. The summed E-state index contributed by atoms with van der Waals surface area (Å²) >= 11 is 0. The second-order valence-corrected chi connectivity index (χ2v) is 4.27. The van der Waals surface area contributed by atoms with Gasteiger partial charge < -0.3 is 11.1 Å². The first-order valence-corrected chi connectivity index (χ1v) is 5.81. The molecule has 2 rings (SSSR count). The highest BCUT2D eigenvalue weighted by Crippen LogP contribution is 2.30. The number of nitrogens with one attached hydrogen (secondary N) is 1. The van der Waals surface area contributed by atoms with E-state index >= 15 is 0 Å². The highest BCUT2D eigenvalue weighted by Gasteiger charge is 2.30. The minimum absolute atomic E-state index is 0.0351. The maximum absolute atomic E-state index is 13.2. The van der Waals surface area contributed by atoms with E-state index in [2.05, 4.69) is 5.32 Å². The fourth-order valence-electron chi connectivity index (χ4n) is 1.64. The zero-order valence-corrected chi connectivity index (χ0v) is 10.5. The van der Waals surface area contributed by atoms with Crippen molar-refractivity contribution in [2.45, 2.75) is 6.18 Å². The van der Waals surface area contributed by atoms with Gasteiger partial charge in [0.1, 0.15) is 5.82 Å². The van der Waals surface area contributed by atoms with Crippen molar-refractivity contribution in [2.75, 3.05) is 11.1 Å². The Kier molecular flexibility index (Phi) is 3.84. The minimum atomic E-state index is -4.51. The summed E-state index contributed by atoms with van der Waals surface area (Å²) in [6.07, 6.45) is -4.51. The molecule has 0 radical (unpaired) electrons. The van der Waals surface area contributed by atoms with Gasteiger partial charge in [-0.1, -0.05) is 6.07 Å². The van der Waals surface area contributed by atoms with Crippen LogP contribution in [0, 0.1) is 5.82 Å².